The topological polar surface area (TPSA) is 89.8 Å². The van der Waals surface area contributed by atoms with Crippen molar-refractivity contribution in [2.24, 2.45) is 0 Å². The number of nitrogens with one attached hydrogen (secondary N) is 1. The van der Waals surface area contributed by atoms with Gasteiger partial charge in [-0.15, -0.1) is 11.8 Å². The minimum absolute atomic E-state index is 0.254. The number of hydrogen-bond donors (Lipinski definition) is 1. The molecule has 0 aliphatic carbocycles. The van der Waals surface area contributed by atoms with Crippen LogP contribution < -0.4 is 4.72 Å². The van der Waals surface area contributed by atoms with Gasteiger partial charge in [-0.3, -0.25) is 4.40 Å². The van der Waals surface area contributed by atoms with E-state index < -0.39 is 16.0 Å². The van der Waals surface area contributed by atoms with Crippen molar-refractivity contribution in [1.29, 1.82) is 0 Å². The largest absolute Gasteiger partial charge is 0.461 e. The molecule has 22 heavy (non-hydrogen) atoms. The van der Waals surface area contributed by atoms with Crippen LogP contribution in [0.15, 0.2) is 29.4 Å². The second-order valence-electron chi connectivity index (χ2n) is 4.45. The van der Waals surface area contributed by atoms with Gasteiger partial charge in [-0.05, 0) is 19.1 Å². The first-order valence-corrected chi connectivity index (χ1v) is 9.51. The van der Waals surface area contributed by atoms with E-state index in [1.54, 1.807) is 23.6 Å². The van der Waals surface area contributed by atoms with Crippen LogP contribution in [0.5, 0.6) is 0 Å². The Balaban J connectivity index is 2.11. The van der Waals surface area contributed by atoms with Gasteiger partial charge in [0.1, 0.15) is 5.65 Å². The number of rotatable bonds is 7. The lowest BCUT2D eigenvalue weighted by Gasteiger charge is -2.05. The van der Waals surface area contributed by atoms with Crippen molar-refractivity contribution in [2.75, 3.05) is 25.2 Å². The van der Waals surface area contributed by atoms with Gasteiger partial charge in [0.25, 0.3) is 0 Å². The molecule has 0 radical (unpaired) electrons. The fraction of sp³-hybridized carbons (Fsp3) is 0.385. The molecule has 0 fully saturated rings. The summed E-state index contributed by atoms with van der Waals surface area (Å²) in [5.41, 5.74) is 0.897. The van der Waals surface area contributed by atoms with Gasteiger partial charge >= 0.3 is 5.97 Å². The standard InChI is InChI=1S/C13H17N3O4S2/c1-3-20-13(17)10-9-16-11(15-10)5-4-6-12(16)21-8-7-14-22(2,18)19/h4-6,9,14H,3,7-8H2,1-2H3. The number of imidazole rings is 1. The summed E-state index contributed by atoms with van der Waals surface area (Å²) in [6, 6.07) is 5.51. The number of hydrogen-bond acceptors (Lipinski definition) is 6. The van der Waals surface area contributed by atoms with Crippen molar-refractivity contribution < 1.29 is 17.9 Å². The highest BCUT2D eigenvalue weighted by molar-refractivity contribution is 7.99. The quantitative estimate of drug-likeness (QED) is 0.461. The van der Waals surface area contributed by atoms with Gasteiger partial charge in [0, 0.05) is 18.5 Å². The number of thioether (sulfide) groups is 1. The van der Waals surface area contributed by atoms with Crippen molar-refractivity contribution in [2.45, 2.75) is 11.9 Å². The normalized spacial score (nSPS) is 11.7. The molecule has 0 bridgehead atoms. The van der Waals surface area contributed by atoms with E-state index in [0.717, 1.165) is 11.3 Å². The van der Waals surface area contributed by atoms with Crippen molar-refractivity contribution >= 4 is 33.4 Å². The van der Waals surface area contributed by atoms with Crippen LogP contribution in [0.1, 0.15) is 17.4 Å². The highest BCUT2D eigenvalue weighted by Gasteiger charge is 2.13. The molecule has 0 spiro atoms. The monoisotopic (exact) mass is 343 g/mol. The number of carbonyl (C=O) groups is 1. The maximum absolute atomic E-state index is 11.7. The summed E-state index contributed by atoms with van der Waals surface area (Å²) in [6.45, 7) is 2.37. The predicted molar refractivity (Wildman–Crippen MR) is 84.7 cm³/mol. The number of nitrogens with zero attached hydrogens (tertiary/aromatic N) is 2. The highest BCUT2D eigenvalue weighted by Crippen LogP contribution is 2.20. The minimum Gasteiger partial charge on any atom is -0.461 e. The average molecular weight is 343 g/mol. The van der Waals surface area contributed by atoms with Crippen LogP contribution in [0.25, 0.3) is 5.65 Å². The molecule has 0 aliphatic rings. The van der Waals surface area contributed by atoms with Crippen LogP contribution >= 0.6 is 11.8 Å². The molecule has 2 aromatic rings. The summed E-state index contributed by atoms with van der Waals surface area (Å²) in [4.78, 5) is 15.9. The first kappa shape index (κ1) is 16.8. The molecule has 2 aromatic heterocycles. The molecule has 0 aromatic carbocycles. The molecule has 0 unspecified atom stereocenters. The molecule has 7 nitrogen and oxygen atoms in total. The molecule has 2 rings (SSSR count). The van der Waals surface area contributed by atoms with E-state index in [2.05, 4.69) is 9.71 Å². The summed E-state index contributed by atoms with van der Waals surface area (Å²) in [6.07, 6.45) is 2.75. The fourth-order valence-electron chi connectivity index (χ4n) is 1.79. The molecular weight excluding hydrogens is 326 g/mol. The Morgan fingerprint density at radius 2 is 2.23 bits per heavy atom. The number of carbonyl (C=O) groups excluding carboxylic acids is 1. The van der Waals surface area contributed by atoms with E-state index in [4.69, 9.17) is 4.74 Å². The molecule has 0 atom stereocenters. The van der Waals surface area contributed by atoms with E-state index in [1.807, 2.05) is 12.1 Å². The number of sulfonamides is 1. The SMILES string of the molecule is CCOC(=O)c1cn2c(SCCNS(C)(=O)=O)cccc2n1. The second kappa shape index (κ2) is 7.12. The van der Waals surface area contributed by atoms with Crippen molar-refractivity contribution in [3.8, 4) is 0 Å². The lowest BCUT2D eigenvalue weighted by molar-refractivity contribution is 0.0520. The number of esters is 1. The van der Waals surface area contributed by atoms with Crippen molar-refractivity contribution in [3.05, 3.63) is 30.1 Å². The van der Waals surface area contributed by atoms with Gasteiger partial charge < -0.3 is 4.74 Å². The average Bonchev–Trinajstić information content (AvgIpc) is 2.87. The summed E-state index contributed by atoms with van der Waals surface area (Å²) in [5, 5.41) is 0.871. The number of ether oxygens (including phenoxy) is 1. The third-order valence-electron chi connectivity index (χ3n) is 2.66. The van der Waals surface area contributed by atoms with E-state index >= 15 is 0 Å². The highest BCUT2D eigenvalue weighted by atomic mass is 32.2. The summed E-state index contributed by atoms with van der Waals surface area (Å²) >= 11 is 1.47. The third kappa shape index (κ3) is 4.46. The van der Waals surface area contributed by atoms with Gasteiger partial charge in [-0.2, -0.15) is 0 Å². The van der Waals surface area contributed by atoms with Crippen LogP contribution in [0.4, 0.5) is 0 Å². The second-order valence-corrected chi connectivity index (χ2v) is 7.40. The zero-order valence-corrected chi connectivity index (χ0v) is 13.9. The van der Waals surface area contributed by atoms with Gasteiger partial charge in [-0.1, -0.05) is 6.07 Å². The molecule has 0 saturated heterocycles. The van der Waals surface area contributed by atoms with E-state index in [1.165, 1.54) is 11.8 Å². The maximum Gasteiger partial charge on any atom is 0.358 e. The first-order chi connectivity index (χ1) is 10.4. The van der Waals surface area contributed by atoms with Gasteiger partial charge in [0.15, 0.2) is 5.69 Å². The Labute approximate surface area is 133 Å². The molecule has 0 amide bonds. The number of pyridine rings is 1. The lowest BCUT2D eigenvalue weighted by atomic mass is 10.5. The lowest BCUT2D eigenvalue weighted by Crippen LogP contribution is -2.24. The molecular formula is C13H17N3O4S2. The van der Waals surface area contributed by atoms with Crippen LogP contribution in [-0.2, 0) is 14.8 Å². The predicted octanol–water partition coefficient (Wildman–Crippen LogP) is 1.15. The van der Waals surface area contributed by atoms with Crippen molar-refractivity contribution in [3.63, 3.8) is 0 Å². The van der Waals surface area contributed by atoms with Crippen LogP contribution in [0.2, 0.25) is 0 Å². The fourth-order valence-corrected chi connectivity index (χ4v) is 3.26. The maximum atomic E-state index is 11.7. The van der Waals surface area contributed by atoms with E-state index in [9.17, 15) is 13.2 Å². The Hall–Kier alpha value is -1.58. The van der Waals surface area contributed by atoms with Crippen LogP contribution in [-0.4, -0.2) is 48.9 Å². The molecule has 120 valence electrons. The zero-order chi connectivity index (χ0) is 16.2. The Kier molecular flexibility index (Phi) is 5.43. The minimum atomic E-state index is -3.18. The molecule has 1 N–H and O–H groups in total. The summed E-state index contributed by atoms with van der Waals surface area (Å²) in [5.74, 6) is 0.111. The Morgan fingerprint density at radius 3 is 2.91 bits per heavy atom. The smallest absolute Gasteiger partial charge is 0.358 e. The Bertz CT molecular complexity index is 771. The number of fused-ring (bicyclic) bond motifs is 1. The van der Waals surface area contributed by atoms with Crippen LogP contribution in [0.3, 0.4) is 0 Å². The zero-order valence-electron chi connectivity index (χ0n) is 12.3. The molecule has 2 heterocycles. The van der Waals surface area contributed by atoms with Crippen molar-refractivity contribution in [1.82, 2.24) is 14.1 Å². The summed E-state index contributed by atoms with van der Waals surface area (Å²) in [7, 11) is -3.18. The number of aromatic nitrogens is 2. The van der Waals surface area contributed by atoms with E-state index in [0.29, 0.717) is 24.6 Å². The van der Waals surface area contributed by atoms with E-state index in [-0.39, 0.29) is 5.69 Å². The molecule has 9 heteroatoms. The van der Waals surface area contributed by atoms with Crippen LogP contribution in [0, 0.1) is 0 Å². The third-order valence-corrected chi connectivity index (χ3v) is 4.42. The molecule has 0 saturated carbocycles. The van der Waals surface area contributed by atoms with Gasteiger partial charge in [0.05, 0.1) is 17.9 Å². The summed E-state index contributed by atoms with van der Waals surface area (Å²) < 4.78 is 31.2. The van der Waals surface area contributed by atoms with Gasteiger partial charge in [0.2, 0.25) is 10.0 Å². The Morgan fingerprint density at radius 1 is 1.45 bits per heavy atom. The molecule has 0 aliphatic heterocycles. The van der Waals surface area contributed by atoms with Gasteiger partial charge in [-0.25, -0.2) is 22.9 Å². The first-order valence-electron chi connectivity index (χ1n) is 6.63.